The minimum Gasteiger partial charge on any atom is -0.258 e. The van der Waals surface area contributed by atoms with Gasteiger partial charge in [-0.15, -0.1) is 11.8 Å². The minimum atomic E-state index is 0.903. The first-order valence-electron chi connectivity index (χ1n) is 4.41. The molecule has 0 aromatic heterocycles. The van der Waals surface area contributed by atoms with Crippen LogP contribution in [-0.2, 0) is 0 Å². The maximum atomic E-state index is 3.70. The summed E-state index contributed by atoms with van der Waals surface area (Å²) in [5.74, 6) is 0. The molecule has 0 spiro atoms. The predicted octanol–water partition coefficient (Wildman–Crippen LogP) is 4.38. The normalized spacial score (nSPS) is 10.8. The van der Waals surface area contributed by atoms with Crippen LogP contribution in [0.4, 0.5) is 0 Å². The molecule has 0 aliphatic carbocycles. The van der Waals surface area contributed by atoms with Gasteiger partial charge in [0.2, 0.25) is 0 Å². The highest BCUT2D eigenvalue weighted by molar-refractivity contribution is 8.02. The Labute approximate surface area is 97.7 Å². The molecule has 0 atom stereocenters. The third kappa shape index (κ3) is 12.7. The first-order chi connectivity index (χ1) is 7.15. The van der Waals surface area contributed by atoms with Crippen molar-refractivity contribution in [2.45, 2.75) is 6.92 Å². The number of rotatable bonds is 5. The number of hydrogen-bond donors (Lipinski definition) is 0. The Balaban J connectivity index is 0. The van der Waals surface area contributed by atoms with Gasteiger partial charge >= 0.3 is 0 Å². The van der Waals surface area contributed by atoms with E-state index in [2.05, 4.69) is 31.4 Å². The first kappa shape index (κ1) is 16.2. The molecule has 0 unspecified atom stereocenters. The maximum Gasteiger partial charge on any atom is 0.0949 e. The van der Waals surface area contributed by atoms with Crippen LogP contribution < -0.4 is 0 Å². The standard InChI is InChI=1S/C7H10.C6H9NS/c1-4-6-7(3)5-2;1-4-5-6(7-2)8-3/h4-6H,1-2H2,3H3;4-5H,1-2H2,3H3/b7-6-;6-5+. The van der Waals surface area contributed by atoms with E-state index < -0.39 is 0 Å². The molecule has 0 aromatic rings. The Kier molecular flexibility index (Phi) is 13.7. The van der Waals surface area contributed by atoms with Crippen LogP contribution in [0.2, 0.25) is 0 Å². The Bertz CT molecular complexity index is 272. The SMILES string of the molecule is C=C/C=C(/C)C=C.C=C/C=C(\N=C)SC. The highest BCUT2D eigenvalue weighted by atomic mass is 32.2. The number of nitrogens with zero attached hydrogens (tertiary/aromatic N) is 1. The van der Waals surface area contributed by atoms with Crippen molar-refractivity contribution in [3.05, 3.63) is 60.7 Å². The summed E-state index contributed by atoms with van der Waals surface area (Å²) in [4.78, 5) is 3.70. The molecule has 2 heteroatoms. The fourth-order valence-corrected chi connectivity index (χ4v) is 0.901. The smallest absolute Gasteiger partial charge is 0.0949 e. The molecule has 0 rings (SSSR count). The summed E-state index contributed by atoms with van der Waals surface area (Å²) in [6.45, 7) is 16.0. The van der Waals surface area contributed by atoms with Gasteiger partial charge < -0.3 is 0 Å². The van der Waals surface area contributed by atoms with E-state index in [0.717, 1.165) is 10.6 Å². The van der Waals surface area contributed by atoms with Crippen LogP contribution in [-0.4, -0.2) is 13.0 Å². The van der Waals surface area contributed by atoms with E-state index >= 15 is 0 Å². The molecule has 0 N–H and O–H groups in total. The molecular weight excluding hydrogens is 202 g/mol. The monoisotopic (exact) mass is 221 g/mol. The second-order valence-corrected chi connectivity index (χ2v) is 3.28. The summed E-state index contributed by atoms with van der Waals surface area (Å²) in [5, 5.41) is 0.903. The van der Waals surface area contributed by atoms with Crippen molar-refractivity contribution < 1.29 is 0 Å². The van der Waals surface area contributed by atoms with Crippen molar-refractivity contribution in [2.24, 2.45) is 4.99 Å². The largest absolute Gasteiger partial charge is 0.258 e. The molecular formula is C13H19NS. The molecule has 0 aromatic carbocycles. The van der Waals surface area contributed by atoms with Gasteiger partial charge in [-0.25, -0.2) is 0 Å². The van der Waals surface area contributed by atoms with Crippen LogP contribution in [0, 0.1) is 0 Å². The van der Waals surface area contributed by atoms with E-state index in [1.165, 1.54) is 0 Å². The summed E-state index contributed by atoms with van der Waals surface area (Å²) < 4.78 is 0. The van der Waals surface area contributed by atoms with Gasteiger partial charge in [0.15, 0.2) is 0 Å². The van der Waals surface area contributed by atoms with Gasteiger partial charge in [0.1, 0.15) is 0 Å². The number of aliphatic imine (C=N–C) groups is 1. The molecule has 0 saturated carbocycles. The van der Waals surface area contributed by atoms with Crippen LogP contribution in [0.5, 0.6) is 0 Å². The molecule has 0 aliphatic heterocycles. The van der Waals surface area contributed by atoms with Gasteiger partial charge in [-0.05, 0) is 26.0 Å². The van der Waals surface area contributed by atoms with Crippen LogP contribution in [0.25, 0.3) is 0 Å². The molecule has 82 valence electrons. The van der Waals surface area contributed by atoms with Gasteiger partial charge in [0.25, 0.3) is 0 Å². The zero-order valence-electron chi connectivity index (χ0n) is 9.57. The van der Waals surface area contributed by atoms with Crippen molar-refractivity contribution in [3.63, 3.8) is 0 Å². The van der Waals surface area contributed by atoms with Crippen molar-refractivity contribution in [2.75, 3.05) is 6.26 Å². The molecule has 0 aliphatic rings. The first-order valence-corrected chi connectivity index (χ1v) is 5.63. The van der Waals surface area contributed by atoms with Gasteiger partial charge in [-0.1, -0.05) is 49.6 Å². The average Bonchev–Trinajstić information content (AvgIpc) is 2.27. The topological polar surface area (TPSA) is 12.4 Å². The molecule has 0 radical (unpaired) electrons. The third-order valence-corrected chi connectivity index (χ3v) is 2.01. The quantitative estimate of drug-likeness (QED) is 0.495. The summed E-state index contributed by atoms with van der Waals surface area (Å²) in [6.07, 6.45) is 10.9. The Hall–Kier alpha value is -1.28. The van der Waals surface area contributed by atoms with Gasteiger partial charge in [-0.3, -0.25) is 4.99 Å². The highest BCUT2D eigenvalue weighted by Crippen LogP contribution is 2.10. The second-order valence-electron chi connectivity index (χ2n) is 2.45. The van der Waals surface area contributed by atoms with E-state index in [-0.39, 0.29) is 0 Å². The Morgan fingerprint density at radius 2 is 1.67 bits per heavy atom. The minimum absolute atomic E-state index is 0.903. The van der Waals surface area contributed by atoms with E-state index in [0.29, 0.717) is 0 Å². The molecule has 1 nitrogen and oxygen atoms in total. The molecule has 0 saturated heterocycles. The lowest BCUT2D eigenvalue weighted by molar-refractivity contribution is 1.54. The van der Waals surface area contributed by atoms with E-state index in [1.807, 2.05) is 25.3 Å². The highest BCUT2D eigenvalue weighted by Gasteiger charge is 1.81. The molecule has 0 bridgehead atoms. The second kappa shape index (κ2) is 12.7. The fourth-order valence-electron chi connectivity index (χ4n) is 0.540. The van der Waals surface area contributed by atoms with Crippen molar-refractivity contribution in [1.82, 2.24) is 0 Å². The number of allylic oxidation sites excluding steroid dienone is 6. The zero-order valence-corrected chi connectivity index (χ0v) is 10.4. The number of hydrogen-bond acceptors (Lipinski definition) is 2. The average molecular weight is 221 g/mol. The lowest BCUT2D eigenvalue weighted by Crippen LogP contribution is -1.62. The number of thioether (sulfide) groups is 1. The molecule has 0 heterocycles. The van der Waals surface area contributed by atoms with E-state index in [1.54, 1.807) is 30.0 Å². The Morgan fingerprint density at radius 1 is 1.13 bits per heavy atom. The molecule has 0 fully saturated rings. The summed E-state index contributed by atoms with van der Waals surface area (Å²) >= 11 is 1.56. The predicted molar refractivity (Wildman–Crippen MR) is 75.5 cm³/mol. The fraction of sp³-hybridized carbons (Fsp3) is 0.154. The van der Waals surface area contributed by atoms with Gasteiger partial charge in [0, 0.05) is 0 Å². The Morgan fingerprint density at radius 3 is 1.80 bits per heavy atom. The summed E-state index contributed by atoms with van der Waals surface area (Å²) in [7, 11) is 0. The molecule has 15 heavy (non-hydrogen) atoms. The van der Waals surface area contributed by atoms with Crippen molar-refractivity contribution >= 4 is 18.5 Å². The van der Waals surface area contributed by atoms with Crippen LogP contribution in [0.1, 0.15) is 6.92 Å². The van der Waals surface area contributed by atoms with Gasteiger partial charge in [0.05, 0.1) is 5.03 Å². The van der Waals surface area contributed by atoms with E-state index in [9.17, 15) is 0 Å². The zero-order chi connectivity index (χ0) is 12.1. The van der Waals surface area contributed by atoms with Crippen molar-refractivity contribution in [3.8, 4) is 0 Å². The molecule has 0 amide bonds. The lowest BCUT2D eigenvalue weighted by atomic mass is 10.3. The maximum absolute atomic E-state index is 3.70. The van der Waals surface area contributed by atoms with E-state index in [4.69, 9.17) is 0 Å². The van der Waals surface area contributed by atoms with Crippen LogP contribution >= 0.6 is 11.8 Å². The summed E-state index contributed by atoms with van der Waals surface area (Å²) in [5.41, 5.74) is 1.15. The van der Waals surface area contributed by atoms with Crippen LogP contribution in [0.3, 0.4) is 0 Å². The lowest BCUT2D eigenvalue weighted by Gasteiger charge is -1.88. The van der Waals surface area contributed by atoms with Crippen LogP contribution in [0.15, 0.2) is 65.7 Å². The van der Waals surface area contributed by atoms with Gasteiger partial charge in [-0.2, -0.15) is 0 Å². The summed E-state index contributed by atoms with van der Waals surface area (Å²) in [6, 6.07) is 0. The van der Waals surface area contributed by atoms with Crippen molar-refractivity contribution in [1.29, 1.82) is 0 Å². The third-order valence-electron chi connectivity index (χ3n) is 1.33.